The molecule has 0 radical (unpaired) electrons. The van der Waals surface area contributed by atoms with Gasteiger partial charge in [0.15, 0.2) is 0 Å². The number of hydrogen-bond donors (Lipinski definition) is 3. The van der Waals surface area contributed by atoms with Crippen LogP contribution in [-0.2, 0) is 4.79 Å². The lowest BCUT2D eigenvalue weighted by Gasteiger charge is -2.14. The molecule has 0 saturated heterocycles. The Hall–Kier alpha value is -0.610. The Kier molecular flexibility index (Phi) is 7.42. The molecule has 4 heteroatoms. The lowest BCUT2D eigenvalue weighted by molar-refractivity contribution is -0.121. The van der Waals surface area contributed by atoms with Crippen molar-refractivity contribution in [3.63, 3.8) is 0 Å². The van der Waals surface area contributed by atoms with Gasteiger partial charge in [-0.15, -0.1) is 0 Å². The molecular weight excluding hydrogens is 180 g/mol. The summed E-state index contributed by atoms with van der Waals surface area (Å²) in [5.74, 6) is 0.201. The Balaban J connectivity index is 3.44. The molecule has 1 unspecified atom stereocenters. The standard InChI is InChI=1S/C10H22N2O2/c1-8(2)9(13)7-12-10(14)5-4-6-11-3/h8-9,11,13H,4-7H2,1-3H3,(H,12,14). The van der Waals surface area contributed by atoms with Crippen LogP contribution in [0, 0.1) is 5.92 Å². The first-order chi connectivity index (χ1) is 6.57. The van der Waals surface area contributed by atoms with Crippen LogP contribution in [0.4, 0.5) is 0 Å². The van der Waals surface area contributed by atoms with Crippen molar-refractivity contribution < 1.29 is 9.90 Å². The zero-order chi connectivity index (χ0) is 11.0. The van der Waals surface area contributed by atoms with Crippen molar-refractivity contribution >= 4 is 5.91 Å². The van der Waals surface area contributed by atoms with E-state index in [1.807, 2.05) is 20.9 Å². The topological polar surface area (TPSA) is 61.4 Å². The third kappa shape index (κ3) is 6.86. The lowest BCUT2D eigenvalue weighted by atomic mass is 10.1. The SMILES string of the molecule is CNCCCC(=O)NCC(O)C(C)C. The first-order valence-electron chi connectivity index (χ1n) is 5.17. The summed E-state index contributed by atoms with van der Waals surface area (Å²) in [6, 6.07) is 0. The smallest absolute Gasteiger partial charge is 0.220 e. The van der Waals surface area contributed by atoms with Crippen molar-refractivity contribution in [2.24, 2.45) is 5.92 Å². The zero-order valence-corrected chi connectivity index (χ0v) is 9.34. The van der Waals surface area contributed by atoms with E-state index >= 15 is 0 Å². The molecule has 0 aliphatic rings. The van der Waals surface area contributed by atoms with Gasteiger partial charge in [0.25, 0.3) is 0 Å². The van der Waals surface area contributed by atoms with Crippen molar-refractivity contribution in [2.45, 2.75) is 32.8 Å². The summed E-state index contributed by atoms with van der Waals surface area (Å²) in [7, 11) is 1.86. The molecule has 0 heterocycles. The predicted molar refractivity (Wildman–Crippen MR) is 57.0 cm³/mol. The van der Waals surface area contributed by atoms with Crippen LogP contribution in [-0.4, -0.2) is 37.3 Å². The van der Waals surface area contributed by atoms with Crippen LogP contribution < -0.4 is 10.6 Å². The summed E-state index contributed by atoms with van der Waals surface area (Å²) in [4.78, 5) is 11.2. The molecule has 0 aromatic carbocycles. The highest BCUT2D eigenvalue weighted by atomic mass is 16.3. The first kappa shape index (κ1) is 13.4. The molecule has 4 nitrogen and oxygen atoms in total. The minimum absolute atomic E-state index is 0.0138. The van der Waals surface area contributed by atoms with Crippen LogP contribution in [0.3, 0.4) is 0 Å². The number of rotatable bonds is 7. The van der Waals surface area contributed by atoms with Crippen molar-refractivity contribution in [2.75, 3.05) is 20.1 Å². The van der Waals surface area contributed by atoms with Crippen molar-refractivity contribution in [3.8, 4) is 0 Å². The highest BCUT2D eigenvalue weighted by molar-refractivity contribution is 5.75. The van der Waals surface area contributed by atoms with E-state index in [4.69, 9.17) is 0 Å². The third-order valence-electron chi connectivity index (χ3n) is 2.11. The minimum atomic E-state index is -0.441. The molecule has 0 aromatic rings. The number of carbonyl (C=O) groups is 1. The molecule has 3 N–H and O–H groups in total. The van der Waals surface area contributed by atoms with Gasteiger partial charge in [-0.25, -0.2) is 0 Å². The molecular formula is C10H22N2O2. The molecule has 14 heavy (non-hydrogen) atoms. The molecule has 0 aliphatic heterocycles. The average Bonchev–Trinajstić information content (AvgIpc) is 2.14. The average molecular weight is 202 g/mol. The van der Waals surface area contributed by atoms with Gasteiger partial charge < -0.3 is 15.7 Å². The molecule has 1 amide bonds. The van der Waals surface area contributed by atoms with Crippen molar-refractivity contribution in [3.05, 3.63) is 0 Å². The van der Waals surface area contributed by atoms with Gasteiger partial charge in [0.2, 0.25) is 5.91 Å². The first-order valence-corrected chi connectivity index (χ1v) is 5.17. The number of carbonyl (C=O) groups excluding carboxylic acids is 1. The van der Waals surface area contributed by atoms with E-state index in [-0.39, 0.29) is 11.8 Å². The van der Waals surface area contributed by atoms with E-state index < -0.39 is 6.10 Å². The second-order valence-electron chi connectivity index (χ2n) is 3.82. The molecule has 0 saturated carbocycles. The largest absolute Gasteiger partial charge is 0.391 e. The monoisotopic (exact) mass is 202 g/mol. The quantitative estimate of drug-likeness (QED) is 0.514. The fraction of sp³-hybridized carbons (Fsp3) is 0.900. The highest BCUT2D eigenvalue weighted by Crippen LogP contribution is 1.99. The molecule has 0 aliphatic carbocycles. The summed E-state index contributed by atoms with van der Waals surface area (Å²) in [5, 5.41) is 15.1. The summed E-state index contributed by atoms with van der Waals surface area (Å²) in [6.45, 7) is 5.06. The van der Waals surface area contributed by atoms with Gasteiger partial charge in [0, 0.05) is 13.0 Å². The summed E-state index contributed by atoms with van der Waals surface area (Å²) >= 11 is 0. The Labute approximate surface area is 86.1 Å². The molecule has 0 rings (SSSR count). The summed E-state index contributed by atoms with van der Waals surface area (Å²) in [5.41, 5.74) is 0. The lowest BCUT2D eigenvalue weighted by Crippen LogP contribution is -2.34. The molecule has 84 valence electrons. The maximum Gasteiger partial charge on any atom is 0.220 e. The van der Waals surface area contributed by atoms with Gasteiger partial charge in [-0.3, -0.25) is 4.79 Å². The highest BCUT2D eigenvalue weighted by Gasteiger charge is 2.09. The van der Waals surface area contributed by atoms with E-state index in [9.17, 15) is 9.90 Å². The van der Waals surface area contributed by atoms with Gasteiger partial charge in [-0.2, -0.15) is 0 Å². The van der Waals surface area contributed by atoms with Gasteiger partial charge >= 0.3 is 0 Å². The maximum atomic E-state index is 11.2. The Bertz CT molecular complexity index is 160. The number of amides is 1. The van der Waals surface area contributed by atoms with E-state index in [2.05, 4.69) is 10.6 Å². The Morgan fingerprint density at radius 2 is 2.07 bits per heavy atom. The van der Waals surface area contributed by atoms with Gasteiger partial charge in [-0.05, 0) is 25.9 Å². The van der Waals surface area contributed by atoms with E-state index in [1.54, 1.807) is 0 Å². The maximum absolute atomic E-state index is 11.2. The van der Waals surface area contributed by atoms with Crippen LogP contribution >= 0.6 is 0 Å². The summed E-state index contributed by atoms with van der Waals surface area (Å²) < 4.78 is 0. The molecule has 0 aromatic heterocycles. The number of aliphatic hydroxyl groups excluding tert-OH is 1. The predicted octanol–water partition coefficient (Wildman–Crippen LogP) is 0.119. The zero-order valence-electron chi connectivity index (χ0n) is 9.34. The van der Waals surface area contributed by atoms with Crippen LogP contribution in [0.1, 0.15) is 26.7 Å². The van der Waals surface area contributed by atoms with E-state index in [0.29, 0.717) is 13.0 Å². The second kappa shape index (κ2) is 7.76. The van der Waals surface area contributed by atoms with Crippen LogP contribution in [0.25, 0.3) is 0 Å². The minimum Gasteiger partial charge on any atom is -0.391 e. The second-order valence-corrected chi connectivity index (χ2v) is 3.82. The number of nitrogens with one attached hydrogen (secondary N) is 2. The molecule has 0 bridgehead atoms. The normalized spacial score (nSPS) is 12.9. The van der Waals surface area contributed by atoms with E-state index in [0.717, 1.165) is 13.0 Å². The number of aliphatic hydroxyl groups is 1. The Morgan fingerprint density at radius 3 is 2.57 bits per heavy atom. The van der Waals surface area contributed by atoms with Crippen molar-refractivity contribution in [1.82, 2.24) is 10.6 Å². The van der Waals surface area contributed by atoms with Gasteiger partial charge in [-0.1, -0.05) is 13.8 Å². The molecule has 1 atom stereocenters. The third-order valence-corrected chi connectivity index (χ3v) is 2.11. The number of hydrogen-bond acceptors (Lipinski definition) is 3. The van der Waals surface area contributed by atoms with E-state index in [1.165, 1.54) is 0 Å². The van der Waals surface area contributed by atoms with Crippen LogP contribution in [0.15, 0.2) is 0 Å². The van der Waals surface area contributed by atoms with Crippen LogP contribution in [0.5, 0.6) is 0 Å². The van der Waals surface area contributed by atoms with Gasteiger partial charge in [0.1, 0.15) is 0 Å². The van der Waals surface area contributed by atoms with Crippen LogP contribution in [0.2, 0.25) is 0 Å². The van der Waals surface area contributed by atoms with Crippen molar-refractivity contribution in [1.29, 1.82) is 0 Å². The van der Waals surface area contributed by atoms with Gasteiger partial charge in [0.05, 0.1) is 6.10 Å². The summed E-state index contributed by atoms with van der Waals surface area (Å²) in [6.07, 6.45) is 0.912. The molecule has 0 fully saturated rings. The molecule has 0 spiro atoms. The fourth-order valence-electron chi connectivity index (χ4n) is 0.968. The Morgan fingerprint density at radius 1 is 1.43 bits per heavy atom. The fourth-order valence-corrected chi connectivity index (χ4v) is 0.968.